The Morgan fingerprint density at radius 1 is 1.15 bits per heavy atom. The van der Waals surface area contributed by atoms with Crippen molar-refractivity contribution in [1.29, 1.82) is 0 Å². The van der Waals surface area contributed by atoms with Crippen LogP contribution in [0, 0.1) is 0 Å². The largest absolute Gasteiger partial charge is 0.493 e. The van der Waals surface area contributed by atoms with Gasteiger partial charge < -0.3 is 24.8 Å². The first-order valence-corrected chi connectivity index (χ1v) is 11.5. The summed E-state index contributed by atoms with van der Waals surface area (Å²) in [6, 6.07) is 14.0. The SMILES string of the molecule is COc1ccc(C[C@]2(CCC(=O)NC[C@H]3OCCc4ccccc43)CCC(=O)N2)cc1OC. The van der Waals surface area contributed by atoms with Crippen LogP contribution in [0.4, 0.5) is 0 Å². The maximum atomic E-state index is 12.7. The van der Waals surface area contributed by atoms with Crippen molar-refractivity contribution in [1.82, 2.24) is 10.6 Å². The molecule has 1 fully saturated rings. The number of hydrogen-bond acceptors (Lipinski definition) is 5. The maximum absolute atomic E-state index is 12.7. The van der Waals surface area contributed by atoms with Gasteiger partial charge in [0.1, 0.15) is 6.10 Å². The molecule has 2 aromatic rings. The van der Waals surface area contributed by atoms with Gasteiger partial charge in [0.05, 0.1) is 20.8 Å². The Labute approximate surface area is 194 Å². The van der Waals surface area contributed by atoms with Gasteiger partial charge in [0.25, 0.3) is 0 Å². The Morgan fingerprint density at radius 2 is 1.97 bits per heavy atom. The zero-order chi connectivity index (χ0) is 23.3. The van der Waals surface area contributed by atoms with Crippen molar-refractivity contribution in [3.8, 4) is 11.5 Å². The number of methoxy groups -OCH3 is 2. The summed E-state index contributed by atoms with van der Waals surface area (Å²) in [6.07, 6.45) is 3.49. The highest BCUT2D eigenvalue weighted by Gasteiger charge is 2.38. The number of carbonyl (C=O) groups excluding carboxylic acids is 2. The van der Waals surface area contributed by atoms with Gasteiger partial charge in [-0.3, -0.25) is 9.59 Å². The zero-order valence-electron chi connectivity index (χ0n) is 19.3. The first-order chi connectivity index (χ1) is 16.0. The van der Waals surface area contributed by atoms with E-state index in [0.717, 1.165) is 17.5 Å². The Kier molecular flexibility index (Phi) is 7.18. The lowest BCUT2D eigenvalue weighted by molar-refractivity contribution is -0.123. The van der Waals surface area contributed by atoms with Crippen molar-refractivity contribution in [2.45, 2.75) is 50.2 Å². The molecule has 33 heavy (non-hydrogen) atoms. The predicted molar refractivity (Wildman–Crippen MR) is 124 cm³/mol. The molecular formula is C26H32N2O5. The smallest absolute Gasteiger partial charge is 0.220 e. The van der Waals surface area contributed by atoms with E-state index >= 15 is 0 Å². The Balaban J connectivity index is 1.36. The Morgan fingerprint density at radius 3 is 2.73 bits per heavy atom. The highest BCUT2D eigenvalue weighted by Crippen LogP contribution is 2.33. The normalized spacial score (nSPS) is 21.8. The van der Waals surface area contributed by atoms with E-state index < -0.39 is 5.54 Å². The Hall–Kier alpha value is -3.06. The molecule has 2 aromatic carbocycles. The molecule has 0 bridgehead atoms. The van der Waals surface area contributed by atoms with Crippen molar-refractivity contribution in [3.63, 3.8) is 0 Å². The minimum absolute atomic E-state index is 0.0306. The molecule has 0 unspecified atom stereocenters. The number of nitrogens with one attached hydrogen (secondary N) is 2. The van der Waals surface area contributed by atoms with Gasteiger partial charge >= 0.3 is 0 Å². The highest BCUT2D eigenvalue weighted by molar-refractivity contribution is 5.80. The van der Waals surface area contributed by atoms with Gasteiger partial charge in [-0.2, -0.15) is 0 Å². The Bertz CT molecular complexity index is 1010. The first-order valence-electron chi connectivity index (χ1n) is 11.5. The van der Waals surface area contributed by atoms with Gasteiger partial charge in [0.15, 0.2) is 11.5 Å². The molecule has 0 spiro atoms. The summed E-state index contributed by atoms with van der Waals surface area (Å²) in [5, 5.41) is 6.17. The minimum atomic E-state index is -0.442. The van der Waals surface area contributed by atoms with Crippen molar-refractivity contribution >= 4 is 11.8 Å². The van der Waals surface area contributed by atoms with E-state index in [2.05, 4.69) is 22.8 Å². The van der Waals surface area contributed by atoms with Crippen LogP contribution in [0.2, 0.25) is 0 Å². The van der Waals surface area contributed by atoms with Crippen LogP contribution in [0.3, 0.4) is 0 Å². The van der Waals surface area contributed by atoms with Gasteiger partial charge in [-0.15, -0.1) is 0 Å². The van der Waals surface area contributed by atoms with E-state index in [1.807, 2.05) is 30.3 Å². The topological polar surface area (TPSA) is 85.9 Å². The van der Waals surface area contributed by atoms with E-state index in [1.54, 1.807) is 14.2 Å². The summed E-state index contributed by atoms with van der Waals surface area (Å²) in [5.41, 5.74) is 3.02. The average Bonchev–Trinajstić information content (AvgIpc) is 3.21. The van der Waals surface area contributed by atoms with E-state index in [0.29, 0.717) is 56.8 Å². The van der Waals surface area contributed by atoms with E-state index in [4.69, 9.17) is 14.2 Å². The van der Waals surface area contributed by atoms with E-state index in [-0.39, 0.29) is 17.9 Å². The van der Waals surface area contributed by atoms with Gasteiger partial charge in [0, 0.05) is 24.9 Å². The van der Waals surface area contributed by atoms with Crippen molar-refractivity contribution < 1.29 is 23.8 Å². The van der Waals surface area contributed by atoms with Gasteiger partial charge in [-0.1, -0.05) is 30.3 Å². The lowest BCUT2D eigenvalue weighted by atomic mass is 9.85. The lowest BCUT2D eigenvalue weighted by Crippen LogP contribution is -2.44. The number of amides is 2. The third-order valence-electron chi connectivity index (χ3n) is 6.63. The number of rotatable bonds is 9. The third-order valence-corrected chi connectivity index (χ3v) is 6.63. The second-order valence-electron chi connectivity index (χ2n) is 8.81. The van der Waals surface area contributed by atoms with Crippen LogP contribution in [-0.2, 0) is 27.2 Å². The molecule has 0 aromatic heterocycles. The second-order valence-corrected chi connectivity index (χ2v) is 8.81. The zero-order valence-corrected chi connectivity index (χ0v) is 19.3. The number of hydrogen-bond donors (Lipinski definition) is 2. The fourth-order valence-corrected chi connectivity index (χ4v) is 4.86. The second kappa shape index (κ2) is 10.3. The number of carbonyl (C=O) groups is 2. The van der Waals surface area contributed by atoms with Crippen LogP contribution in [0.15, 0.2) is 42.5 Å². The summed E-state index contributed by atoms with van der Waals surface area (Å²) in [7, 11) is 3.21. The predicted octanol–water partition coefficient (Wildman–Crippen LogP) is 3.11. The molecule has 2 atom stereocenters. The molecule has 7 heteroatoms. The third kappa shape index (κ3) is 5.47. The van der Waals surface area contributed by atoms with Crippen molar-refractivity contribution in [3.05, 3.63) is 59.2 Å². The highest BCUT2D eigenvalue weighted by atomic mass is 16.5. The molecule has 2 aliphatic heterocycles. The summed E-state index contributed by atoms with van der Waals surface area (Å²) in [4.78, 5) is 24.8. The first kappa shape index (κ1) is 23.1. The molecule has 4 rings (SSSR count). The lowest BCUT2D eigenvalue weighted by Gasteiger charge is -2.30. The molecular weight excluding hydrogens is 420 g/mol. The van der Waals surface area contributed by atoms with Gasteiger partial charge in [-0.05, 0) is 54.5 Å². The number of fused-ring (bicyclic) bond motifs is 1. The molecule has 0 saturated carbocycles. The van der Waals surface area contributed by atoms with E-state index in [9.17, 15) is 9.59 Å². The van der Waals surface area contributed by atoms with Crippen LogP contribution >= 0.6 is 0 Å². The van der Waals surface area contributed by atoms with Crippen molar-refractivity contribution in [2.24, 2.45) is 0 Å². The van der Waals surface area contributed by atoms with Gasteiger partial charge in [0.2, 0.25) is 11.8 Å². The van der Waals surface area contributed by atoms with Crippen LogP contribution in [0.25, 0.3) is 0 Å². The van der Waals surface area contributed by atoms with Crippen LogP contribution in [0.5, 0.6) is 11.5 Å². The fraction of sp³-hybridized carbons (Fsp3) is 0.462. The fourth-order valence-electron chi connectivity index (χ4n) is 4.86. The summed E-state index contributed by atoms with van der Waals surface area (Å²) < 4.78 is 16.6. The maximum Gasteiger partial charge on any atom is 0.220 e. The van der Waals surface area contributed by atoms with Gasteiger partial charge in [-0.25, -0.2) is 0 Å². The monoisotopic (exact) mass is 452 g/mol. The van der Waals surface area contributed by atoms with Crippen LogP contribution in [0.1, 0.15) is 48.5 Å². The minimum Gasteiger partial charge on any atom is -0.493 e. The number of ether oxygens (including phenoxy) is 3. The molecule has 1 saturated heterocycles. The average molecular weight is 453 g/mol. The number of benzene rings is 2. The van der Waals surface area contributed by atoms with Crippen LogP contribution in [-0.4, -0.2) is 44.7 Å². The quantitative estimate of drug-likeness (QED) is 0.611. The molecule has 2 amide bonds. The summed E-state index contributed by atoms with van der Waals surface area (Å²) in [5.74, 6) is 1.31. The molecule has 0 radical (unpaired) electrons. The molecule has 2 N–H and O–H groups in total. The summed E-state index contributed by atoms with van der Waals surface area (Å²) >= 11 is 0. The molecule has 7 nitrogen and oxygen atoms in total. The summed E-state index contributed by atoms with van der Waals surface area (Å²) in [6.45, 7) is 1.11. The molecule has 0 aliphatic carbocycles. The molecule has 2 aliphatic rings. The molecule has 2 heterocycles. The van der Waals surface area contributed by atoms with Crippen molar-refractivity contribution in [2.75, 3.05) is 27.4 Å². The van der Waals surface area contributed by atoms with E-state index in [1.165, 1.54) is 5.56 Å². The molecule has 176 valence electrons. The standard InChI is InChI=1S/C26H32N2O5/c1-31-21-8-7-18(15-22(21)32-2)16-26(13-10-25(30)28-26)12-9-24(29)27-17-23-20-6-4-3-5-19(20)11-14-33-23/h3-8,15,23H,9-14,16-17H2,1-2H3,(H,27,29)(H,28,30)/t23-,26+/m1/s1. The van der Waals surface area contributed by atoms with Crippen LogP contribution < -0.4 is 20.1 Å².